The molecule has 3 amide bonds. The monoisotopic (exact) mass is 524 g/mol. The number of piperidine rings is 1. The lowest BCUT2D eigenvalue weighted by Crippen LogP contribution is -2.53. The predicted molar refractivity (Wildman–Crippen MR) is 143 cm³/mol. The fourth-order valence-electron chi connectivity index (χ4n) is 4.42. The molecular weight excluding hydrogens is 493 g/mol. The molecule has 6 nitrogen and oxygen atoms in total. The Kier molecular flexibility index (Phi) is 8.36. The number of amides is 3. The van der Waals surface area contributed by atoms with Gasteiger partial charge in [0, 0.05) is 30.5 Å². The Morgan fingerprint density at radius 1 is 1.00 bits per heavy atom. The maximum atomic E-state index is 13.2. The summed E-state index contributed by atoms with van der Waals surface area (Å²) >= 11 is 0. The summed E-state index contributed by atoms with van der Waals surface area (Å²) in [7, 11) is 0. The van der Waals surface area contributed by atoms with E-state index in [0.717, 1.165) is 35.5 Å². The normalized spacial score (nSPS) is 16.0. The summed E-state index contributed by atoms with van der Waals surface area (Å²) in [5.74, 6) is -0.229. The standard InChI is InChI=1S/C29H31F3N4O2/c1-19(2)33-18-21-6-3-4-7-25(21)20-9-15-24(16-10-20)36-17-5-8-26(27(36)37)35-28(38)34-23-13-11-22(12-14-23)29(30,31)32/h3-4,6-7,9-16,19,26,33H,5,8,17-18H2,1-2H3,(H2,34,35,38)/t26-/m1/s1. The molecule has 0 aliphatic carbocycles. The van der Waals surface area contributed by atoms with E-state index >= 15 is 0 Å². The molecule has 1 aliphatic rings. The largest absolute Gasteiger partial charge is 0.416 e. The summed E-state index contributed by atoms with van der Waals surface area (Å²) in [4.78, 5) is 27.3. The molecule has 1 fully saturated rings. The number of hydrogen-bond acceptors (Lipinski definition) is 3. The van der Waals surface area contributed by atoms with Crippen LogP contribution in [0.15, 0.2) is 72.8 Å². The van der Waals surface area contributed by atoms with Crippen molar-refractivity contribution in [2.45, 2.75) is 51.5 Å². The highest BCUT2D eigenvalue weighted by Crippen LogP contribution is 2.30. The molecule has 0 bridgehead atoms. The molecule has 1 heterocycles. The molecule has 1 atom stereocenters. The molecule has 200 valence electrons. The van der Waals surface area contributed by atoms with Crippen LogP contribution in [0.3, 0.4) is 0 Å². The van der Waals surface area contributed by atoms with Crippen LogP contribution in [0.2, 0.25) is 0 Å². The van der Waals surface area contributed by atoms with Crippen LogP contribution in [0.4, 0.5) is 29.3 Å². The topological polar surface area (TPSA) is 73.5 Å². The Balaban J connectivity index is 1.40. The van der Waals surface area contributed by atoms with Gasteiger partial charge in [-0.25, -0.2) is 4.79 Å². The Morgan fingerprint density at radius 2 is 1.68 bits per heavy atom. The van der Waals surface area contributed by atoms with Gasteiger partial charge in [-0.3, -0.25) is 4.79 Å². The predicted octanol–water partition coefficient (Wildman–Crippen LogP) is 6.19. The molecule has 3 N–H and O–H groups in total. The summed E-state index contributed by atoms with van der Waals surface area (Å²) in [5, 5.41) is 8.60. The smallest absolute Gasteiger partial charge is 0.326 e. The maximum absolute atomic E-state index is 13.2. The Hall–Kier alpha value is -3.85. The SMILES string of the molecule is CC(C)NCc1ccccc1-c1ccc(N2CCC[C@@H](NC(=O)Nc3ccc(C(F)(F)F)cc3)C2=O)cc1. The van der Waals surface area contributed by atoms with E-state index in [-0.39, 0.29) is 11.6 Å². The molecule has 9 heteroatoms. The van der Waals surface area contributed by atoms with E-state index in [1.807, 2.05) is 36.4 Å². The van der Waals surface area contributed by atoms with Crippen LogP contribution in [0.1, 0.15) is 37.8 Å². The third-order valence-corrected chi connectivity index (χ3v) is 6.42. The number of nitrogens with zero attached hydrogens (tertiary/aromatic N) is 1. The van der Waals surface area contributed by atoms with Crippen molar-refractivity contribution in [2.24, 2.45) is 0 Å². The number of nitrogens with one attached hydrogen (secondary N) is 3. The van der Waals surface area contributed by atoms with Crippen LogP contribution >= 0.6 is 0 Å². The van der Waals surface area contributed by atoms with Gasteiger partial charge in [-0.1, -0.05) is 50.2 Å². The minimum absolute atomic E-state index is 0.204. The quantitative estimate of drug-likeness (QED) is 0.345. The van der Waals surface area contributed by atoms with Gasteiger partial charge in [0.05, 0.1) is 5.56 Å². The van der Waals surface area contributed by atoms with Crippen molar-refractivity contribution in [3.63, 3.8) is 0 Å². The van der Waals surface area contributed by atoms with Crippen molar-refractivity contribution in [2.75, 3.05) is 16.8 Å². The van der Waals surface area contributed by atoms with Gasteiger partial charge in [0.2, 0.25) is 5.91 Å². The fourth-order valence-corrected chi connectivity index (χ4v) is 4.42. The molecule has 0 aromatic heterocycles. The van der Waals surface area contributed by atoms with Crippen molar-refractivity contribution < 1.29 is 22.8 Å². The van der Waals surface area contributed by atoms with Gasteiger partial charge < -0.3 is 20.9 Å². The van der Waals surface area contributed by atoms with Crippen molar-refractivity contribution in [3.8, 4) is 11.1 Å². The highest BCUT2D eigenvalue weighted by atomic mass is 19.4. The lowest BCUT2D eigenvalue weighted by molar-refractivity contribution is -0.137. The van der Waals surface area contributed by atoms with Gasteiger partial charge in [-0.2, -0.15) is 13.2 Å². The maximum Gasteiger partial charge on any atom is 0.416 e. The second kappa shape index (κ2) is 11.7. The zero-order chi connectivity index (χ0) is 27.3. The van der Waals surface area contributed by atoms with Crippen LogP contribution in [0.25, 0.3) is 11.1 Å². The lowest BCUT2D eigenvalue weighted by atomic mass is 9.98. The summed E-state index contributed by atoms with van der Waals surface area (Å²) in [5.41, 5.74) is 3.50. The molecule has 1 aliphatic heterocycles. The Labute approximate surface area is 220 Å². The van der Waals surface area contributed by atoms with Gasteiger partial charge in [-0.15, -0.1) is 0 Å². The van der Waals surface area contributed by atoms with E-state index in [1.54, 1.807) is 4.90 Å². The zero-order valence-electron chi connectivity index (χ0n) is 21.3. The van der Waals surface area contributed by atoms with Gasteiger partial charge in [0.1, 0.15) is 6.04 Å². The first kappa shape index (κ1) is 27.2. The second-order valence-electron chi connectivity index (χ2n) is 9.60. The van der Waals surface area contributed by atoms with Crippen LogP contribution < -0.4 is 20.9 Å². The van der Waals surface area contributed by atoms with E-state index in [4.69, 9.17) is 0 Å². The number of rotatable bonds is 7. The third kappa shape index (κ3) is 6.72. The number of carbonyl (C=O) groups excluding carboxylic acids is 2. The lowest BCUT2D eigenvalue weighted by Gasteiger charge is -2.32. The highest BCUT2D eigenvalue weighted by Gasteiger charge is 2.32. The number of alkyl halides is 3. The van der Waals surface area contributed by atoms with Crippen LogP contribution in [-0.4, -0.2) is 30.6 Å². The zero-order valence-corrected chi connectivity index (χ0v) is 21.3. The second-order valence-corrected chi connectivity index (χ2v) is 9.60. The molecule has 0 spiro atoms. The molecule has 4 rings (SSSR count). The van der Waals surface area contributed by atoms with E-state index in [9.17, 15) is 22.8 Å². The number of carbonyl (C=O) groups is 2. The van der Waals surface area contributed by atoms with Gasteiger partial charge in [0.25, 0.3) is 0 Å². The summed E-state index contributed by atoms with van der Waals surface area (Å²) in [6.45, 7) is 5.49. The van der Waals surface area contributed by atoms with Gasteiger partial charge in [0.15, 0.2) is 0 Å². The first-order valence-electron chi connectivity index (χ1n) is 12.6. The molecule has 3 aromatic rings. The van der Waals surface area contributed by atoms with Crippen molar-refractivity contribution in [3.05, 3.63) is 83.9 Å². The number of urea groups is 1. The number of benzene rings is 3. The summed E-state index contributed by atoms with van der Waals surface area (Å²) in [6.07, 6.45) is -3.28. The summed E-state index contributed by atoms with van der Waals surface area (Å²) in [6, 6.07) is 19.1. The third-order valence-electron chi connectivity index (χ3n) is 6.42. The first-order valence-corrected chi connectivity index (χ1v) is 12.6. The number of halogens is 3. The van der Waals surface area contributed by atoms with E-state index in [2.05, 4.69) is 41.9 Å². The highest BCUT2D eigenvalue weighted by molar-refractivity contribution is 6.01. The first-order chi connectivity index (χ1) is 18.1. The average molecular weight is 525 g/mol. The van der Waals surface area contributed by atoms with Crippen LogP contribution in [0.5, 0.6) is 0 Å². The van der Waals surface area contributed by atoms with Gasteiger partial charge >= 0.3 is 12.2 Å². The minimum atomic E-state index is -4.45. The molecule has 0 saturated carbocycles. The molecule has 0 unspecified atom stereocenters. The van der Waals surface area contributed by atoms with E-state index in [0.29, 0.717) is 25.4 Å². The Bertz CT molecular complexity index is 1260. The van der Waals surface area contributed by atoms with Crippen molar-refractivity contribution >= 4 is 23.3 Å². The van der Waals surface area contributed by atoms with Crippen molar-refractivity contribution in [1.82, 2.24) is 10.6 Å². The molecule has 3 aromatic carbocycles. The average Bonchev–Trinajstić information content (AvgIpc) is 2.89. The molecular formula is C29H31F3N4O2. The number of anilines is 2. The summed E-state index contributed by atoms with van der Waals surface area (Å²) < 4.78 is 38.3. The van der Waals surface area contributed by atoms with Crippen molar-refractivity contribution in [1.29, 1.82) is 0 Å². The minimum Gasteiger partial charge on any atom is -0.326 e. The van der Waals surface area contributed by atoms with Crippen LogP contribution in [-0.2, 0) is 17.5 Å². The fraction of sp³-hybridized carbons (Fsp3) is 0.310. The molecule has 1 saturated heterocycles. The molecule has 0 radical (unpaired) electrons. The van der Waals surface area contributed by atoms with Gasteiger partial charge in [-0.05, 0) is 65.9 Å². The molecule has 38 heavy (non-hydrogen) atoms. The van der Waals surface area contributed by atoms with E-state index in [1.165, 1.54) is 17.7 Å². The number of hydrogen-bond donors (Lipinski definition) is 3. The van der Waals surface area contributed by atoms with Crippen LogP contribution in [0, 0.1) is 0 Å². The van der Waals surface area contributed by atoms with E-state index < -0.39 is 23.8 Å². The Morgan fingerprint density at radius 3 is 2.34 bits per heavy atom.